The third-order valence-corrected chi connectivity index (χ3v) is 4.40. The minimum atomic E-state index is -0.508. The minimum Gasteiger partial charge on any atom is -0.330 e. The number of hydrogen-bond acceptors (Lipinski definition) is 8. The standard InChI is InChI=1S/C9H19NO.C6H11ClO.2C3H9N.C2H2Cl2O.C2H7NS.CH3Cl.ClH/c1-3-5-6-9(11)8-10-7-4-2;1-2-3-4-6(8)5-7;2*1-2-3-4;3-1-2(4)5;3-1-2-4;1-2;/h10H,3-8H2,1-2H3;2-5H2,1H3;2*2-4H2,1H3;1H2;4H,1-3H2;1H3;1H. The van der Waals surface area contributed by atoms with Gasteiger partial charge in [0.05, 0.1) is 18.3 Å². The van der Waals surface area contributed by atoms with Gasteiger partial charge >= 0.3 is 0 Å². The summed E-state index contributed by atoms with van der Waals surface area (Å²) >= 11 is 23.2. The third kappa shape index (κ3) is 122. The van der Waals surface area contributed by atoms with E-state index in [-0.39, 0.29) is 30.0 Å². The molecule has 7 nitrogen and oxygen atoms in total. The second kappa shape index (κ2) is 71.7. The van der Waals surface area contributed by atoms with Crippen molar-refractivity contribution in [2.45, 2.75) is 92.4 Å². The van der Waals surface area contributed by atoms with E-state index in [2.05, 4.69) is 64.2 Å². The highest BCUT2D eigenvalue weighted by Gasteiger charge is 1.98. The first-order chi connectivity index (χ1) is 18.1. The first kappa shape index (κ1) is 59.1. The van der Waals surface area contributed by atoms with E-state index in [1.54, 1.807) is 0 Å². The average molecular weight is 687 g/mol. The highest BCUT2D eigenvalue weighted by atomic mass is 35.5. The van der Waals surface area contributed by atoms with Crippen molar-refractivity contribution in [2.75, 3.05) is 56.6 Å². The van der Waals surface area contributed by atoms with Crippen molar-refractivity contribution in [2.24, 2.45) is 17.2 Å². The molecule has 13 heteroatoms. The van der Waals surface area contributed by atoms with Gasteiger partial charge in [0.2, 0.25) is 5.24 Å². The lowest BCUT2D eigenvalue weighted by Gasteiger charge is -2.00. The Morgan fingerprint density at radius 2 is 1.03 bits per heavy atom. The van der Waals surface area contributed by atoms with Gasteiger partial charge in [0, 0.05) is 31.5 Å². The molecule has 0 aromatic rings. The molecule has 0 unspecified atom stereocenters. The lowest BCUT2D eigenvalue weighted by atomic mass is 10.2. The summed E-state index contributed by atoms with van der Waals surface area (Å²) in [5.41, 5.74) is 15.0. The van der Waals surface area contributed by atoms with Crippen LogP contribution >= 0.6 is 71.4 Å². The van der Waals surface area contributed by atoms with E-state index >= 15 is 0 Å². The normalized spacial score (nSPS) is 8.15. The maximum absolute atomic E-state index is 11.0. The van der Waals surface area contributed by atoms with Gasteiger partial charge in [-0.2, -0.15) is 12.6 Å². The maximum Gasteiger partial charge on any atom is 0.236 e. The highest BCUT2D eigenvalue weighted by molar-refractivity contribution is 7.80. The molecule has 0 aliphatic rings. The summed E-state index contributed by atoms with van der Waals surface area (Å²) < 4.78 is 0. The summed E-state index contributed by atoms with van der Waals surface area (Å²) in [6.07, 6.45) is 10.4. The van der Waals surface area contributed by atoms with E-state index in [0.717, 1.165) is 76.8 Å². The molecule has 0 heterocycles. The number of carbonyl (C=O) groups excluding carboxylic acids is 3. The number of nitrogens with two attached hydrogens (primary N) is 3. The van der Waals surface area contributed by atoms with E-state index in [9.17, 15) is 14.4 Å². The fourth-order valence-corrected chi connectivity index (χ4v) is 1.44. The molecule has 0 atom stereocenters. The van der Waals surface area contributed by atoms with Crippen molar-refractivity contribution in [3.63, 3.8) is 0 Å². The van der Waals surface area contributed by atoms with Crippen LogP contribution in [0.4, 0.5) is 0 Å². The Balaban J connectivity index is -0.0000000509. The average Bonchev–Trinajstić information content (AvgIpc) is 2.96. The van der Waals surface area contributed by atoms with Crippen LogP contribution < -0.4 is 22.5 Å². The first-order valence-electron chi connectivity index (χ1n) is 13.3. The fraction of sp³-hybridized carbons (Fsp3) is 0.885. The number of thiol groups is 1. The van der Waals surface area contributed by atoms with E-state index in [1.807, 2.05) is 0 Å². The van der Waals surface area contributed by atoms with Crippen molar-refractivity contribution < 1.29 is 14.4 Å². The molecule has 0 fully saturated rings. The van der Waals surface area contributed by atoms with Crippen molar-refractivity contribution in [3.05, 3.63) is 0 Å². The van der Waals surface area contributed by atoms with E-state index in [0.29, 0.717) is 25.3 Å². The summed E-state index contributed by atoms with van der Waals surface area (Å²) in [6.45, 7) is 14.2. The minimum absolute atomic E-state index is 0. The Kier molecular flexibility index (Phi) is 109. The Morgan fingerprint density at radius 3 is 1.23 bits per heavy atom. The van der Waals surface area contributed by atoms with Gasteiger partial charge < -0.3 is 22.5 Å². The summed E-state index contributed by atoms with van der Waals surface area (Å²) in [5, 5.41) is 2.59. The topological polar surface area (TPSA) is 141 Å². The van der Waals surface area contributed by atoms with Crippen LogP contribution in [0.5, 0.6) is 0 Å². The molecule has 0 aliphatic carbocycles. The van der Waals surface area contributed by atoms with E-state index in [1.165, 1.54) is 6.38 Å². The van der Waals surface area contributed by atoms with Crippen molar-refractivity contribution in [1.29, 1.82) is 0 Å². The number of Topliss-reactive ketones (excluding diaryl/α,β-unsaturated/α-hetero) is 2. The molecule has 39 heavy (non-hydrogen) atoms. The van der Waals surface area contributed by atoms with Crippen molar-refractivity contribution in [1.82, 2.24) is 5.32 Å². The monoisotopic (exact) mass is 684 g/mol. The quantitative estimate of drug-likeness (QED) is 0.0567. The fourth-order valence-electron chi connectivity index (χ4n) is 1.31. The molecule has 0 aromatic carbocycles. The number of alkyl halides is 3. The van der Waals surface area contributed by atoms with Crippen LogP contribution in [-0.2, 0) is 14.4 Å². The molecule has 0 saturated carbocycles. The third-order valence-electron chi connectivity index (χ3n) is 3.33. The summed E-state index contributed by atoms with van der Waals surface area (Å²) in [6, 6.07) is 0. The number of unbranched alkanes of at least 4 members (excludes halogenated alkanes) is 2. The Bertz CT molecular complexity index is 404. The molecule has 0 aliphatic heterocycles. The van der Waals surface area contributed by atoms with Gasteiger partial charge in [0.15, 0.2) is 0 Å². The van der Waals surface area contributed by atoms with E-state index in [4.69, 9.17) is 52.0 Å². The summed E-state index contributed by atoms with van der Waals surface area (Å²) in [5.74, 6) is 1.38. The Morgan fingerprint density at radius 1 is 0.692 bits per heavy atom. The molecule has 7 N–H and O–H groups in total. The maximum atomic E-state index is 11.0. The molecule has 244 valence electrons. The predicted molar refractivity (Wildman–Crippen MR) is 185 cm³/mol. The largest absolute Gasteiger partial charge is 0.330 e. The zero-order valence-electron chi connectivity index (χ0n) is 25.3. The van der Waals surface area contributed by atoms with Crippen molar-refractivity contribution >= 4 is 88.2 Å². The molecule has 0 aromatic heterocycles. The molecule has 0 rings (SSSR count). The van der Waals surface area contributed by atoms with Gasteiger partial charge in [-0.25, -0.2) is 0 Å². The molecule has 0 amide bonds. The molecular weight excluding hydrogens is 626 g/mol. The van der Waals surface area contributed by atoms with Crippen LogP contribution in [-0.4, -0.2) is 73.4 Å². The van der Waals surface area contributed by atoms with Crippen molar-refractivity contribution in [3.8, 4) is 0 Å². The van der Waals surface area contributed by atoms with Gasteiger partial charge in [-0.1, -0.05) is 47.5 Å². The van der Waals surface area contributed by atoms with Crippen LogP contribution in [0.3, 0.4) is 0 Å². The molecule has 0 spiro atoms. The van der Waals surface area contributed by atoms with Crippen LogP contribution in [0.1, 0.15) is 92.4 Å². The second-order valence-corrected chi connectivity index (χ2v) is 8.58. The van der Waals surface area contributed by atoms with Crippen LogP contribution in [0.15, 0.2) is 0 Å². The zero-order valence-corrected chi connectivity index (χ0v) is 30.1. The molecule has 0 bridgehead atoms. The van der Waals surface area contributed by atoms with Crippen LogP contribution in [0.2, 0.25) is 0 Å². The van der Waals surface area contributed by atoms with Gasteiger partial charge in [-0.3, -0.25) is 14.4 Å². The number of ketones is 2. The molecular formula is C26H61Cl5N4O3S. The summed E-state index contributed by atoms with van der Waals surface area (Å²) in [4.78, 5) is 30.9. The lowest BCUT2D eigenvalue weighted by Crippen LogP contribution is -2.23. The number of rotatable bonds is 15. The van der Waals surface area contributed by atoms with Crippen LogP contribution in [0.25, 0.3) is 0 Å². The molecule has 0 saturated heterocycles. The number of hydrogen-bond donors (Lipinski definition) is 5. The highest BCUT2D eigenvalue weighted by Crippen LogP contribution is 1.95. The molecule has 0 radical (unpaired) electrons. The lowest BCUT2D eigenvalue weighted by molar-refractivity contribution is -0.118. The number of nitrogens with one attached hydrogen (secondary N) is 1. The predicted octanol–water partition coefficient (Wildman–Crippen LogP) is 6.58. The van der Waals surface area contributed by atoms with Gasteiger partial charge in [0.1, 0.15) is 11.6 Å². The van der Waals surface area contributed by atoms with E-state index < -0.39 is 5.24 Å². The summed E-state index contributed by atoms with van der Waals surface area (Å²) in [7, 11) is 0. The zero-order chi connectivity index (χ0) is 31.5. The number of halogens is 5. The van der Waals surface area contributed by atoms with Gasteiger partial charge in [0.25, 0.3) is 0 Å². The van der Waals surface area contributed by atoms with Gasteiger partial charge in [-0.05, 0) is 63.3 Å². The Labute approximate surface area is 272 Å². The first-order valence-corrected chi connectivity index (χ1v) is 16.1. The smallest absolute Gasteiger partial charge is 0.236 e. The van der Waals surface area contributed by atoms with Crippen LogP contribution in [0, 0.1) is 0 Å². The second-order valence-electron chi connectivity index (χ2n) is 7.17. The Hall–Kier alpha value is 0.650. The van der Waals surface area contributed by atoms with Gasteiger partial charge in [-0.15, -0.1) is 47.2 Å². The SMILES string of the molecule is CCCCC(=O)CCl.CCCCC(=O)CNCCC.CCCN.CCCN.CCl.Cl.NCCS.O=C(Cl)CCl. The number of carbonyl (C=O) groups is 3.